The molecule has 0 aliphatic rings. The minimum atomic E-state index is -0.376. The number of benzene rings is 2. The maximum absolute atomic E-state index is 12.7. The number of hydrogen-bond acceptors (Lipinski definition) is 5. The van der Waals surface area contributed by atoms with E-state index < -0.39 is 0 Å². The van der Waals surface area contributed by atoms with Crippen molar-refractivity contribution in [1.29, 1.82) is 0 Å². The summed E-state index contributed by atoms with van der Waals surface area (Å²) in [7, 11) is 3.31. The maximum Gasteiger partial charge on any atom is 0.321 e. The van der Waals surface area contributed by atoms with E-state index in [4.69, 9.17) is 0 Å². The van der Waals surface area contributed by atoms with Crippen LogP contribution in [0.4, 0.5) is 16.2 Å². The number of carbonyl (C=O) groups excluding carboxylic acids is 2. The van der Waals surface area contributed by atoms with E-state index in [1.807, 2.05) is 24.3 Å². The van der Waals surface area contributed by atoms with Gasteiger partial charge < -0.3 is 20.6 Å². The van der Waals surface area contributed by atoms with Crippen molar-refractivity contribution in [2.24, 2.45) is 0 Å². The van der Waals surface area contributed by atoms with Crippen LogP contribution in [0.5, 0.6) is 5.75 Å². The number of amides is 3. The summed E-state index contributed by atoms with van der Waals surface area (Å²) in [6.45, 7) is 0. The van der Waals surface area contributed by atoms with E-state index in [0.29, 0.717) is 22.3 Å². The predicted octanol–water partition coefficient (Wildman–Crippen LogP) is 3.68. The van der Waals surface area contributed by atoms with Crippen LogP contribution in [0, 0.1) is 0 Å². The van der Waals surface area contributed by atoms with Gasteiger partial charge in [-0.3, -0.25) is 14.9 Å². The largest absolute Gasteiger partial charge is 0.508 e. The van der Waals surface area contributed by atoms with Gasteiger partial charge in [-0.15, -0.1) is 0 Å². The van der Waals surface area contributed by atoms with Crippen molar-refractivity contribution in [3.05, 3.63) is 66.6 Å². The van der Waals surface area contributed by atoms with Gasteiger partial charge in [-0.25, -0.2) is 4.79 Å². The van der Waals surface area contributed by atoms with Crippen LogP contribution in [0.2, 0.25) is 0 Å². The summed E-state index contributed by atoms with van der Waals surface area (Å²) in [5.74, 6) is -0.260. The molecule has 31 heavy (non-hydrogen) atoms. The van der Waals surface area contributed by atoms with Crippen LogP contribution in [0.3, 0.4) is 0 Å². The Morgan fingerprint density at radius 3 is 2.45 bits per heavy atom. The second kappa shape index (κ2) is 8.15. The summed E-state index contributed by atoms with van der Waals surface area (Å²) >= 11 is 0. The first-order chi connectivity index (χ1) is 14.9. The zero-order chi connectivity index (χ0) is 22.0. The number of nitrogens with one attached hydrogen (secondary N) is 3. The highest BCUT2D eigenvalue weighted by Gasteiger charge is 2.16. The lowest BCUT2D eigenvalue weighted by atomic mass is 10.0. The zero-order valence-electron chi connectivity index (χ0n) is 16.9. The molecule has 2 aromatic heterocycles. The Balaban J connectivity index is 1.63. The van der Waals surface area contributed by atoms with Gasteiger partial charge >= 0.3 is 6.03 Å². The van der Waals surface area contributed by atoms with Gasteiger partial charge in [0.2, 0.25) is 0 Å². The quantitative estimate of drug-likeness (QED) is 0.378. The van der Waals surface area contributed by atoms with Crippen LogP contribution in [0.1, 0.15) is 10.5 Å². The van der Waals surface area contributed by atoms with E-state index in [1.54, 1.807) is 38.6 Å². The molecule has 156 valence electrons. The highest BCUT2D eigenvalue weighted by atomic mass is 16.3. The molecule has 2 aromatic carbocycles. The molecule has 0 saturated heterocycles. The van der Waals surface area contributed by atoms with Crippen LogP contribution in [0.25, 0.3) is 22.0 Å². The number of phenols is 1. The van der Waals surface area contributed by atoms with E-state index >= 15 is 0 Å². The summed E-state index contributed by atoms with van der Waals surface area (Å²) < 4.78 is 0. The first-order valence-electron chi connectivity index (χ1n) is 9.43. The summed E-state index contributed by atoms with van der Waals surface area (Å²) in [5.41, 5.74) is 3.67. The van der Waals surface area contributed by atoms with Crippen molar-refractivity contribution in [3.63, 3.8) is 0 Å². The van der Waals surface area contributed by atoms with Gasteiger partial charge in [0.05, 0.1) is 17.4 Å². The molecule has 0 aliphatic heterocycles. The lowest BCUT2D eigenvalue weighted by Gasteiger charge is -2.12. The number of aromatic nitrogens is 3. The van der Waals surface area contributed by atoms with Gasteiger partial charge in [-0.05, 0) is 48.0 Å². The Morgan fingerprint density at radius 1 is 0.935 bits per heavy atom. The average molecular weight is 416 g/mol. The summed E-state index contributed by atoms with van der Waals surface area (Å²) in [6.07, 6.45) is 3.25. The Morgan fingerprint density at radius 2 is 1.71 bits per heavy atom. The summed E-state index contributed by atoms with van der Waals surface area (Å²) in [6, 6.07) is 13.3. The molecule has 0 unspecified atom stereocenters. The minimum absolute atomic E-state index is 0.116. The third-order valence-corrected chi connectivity index (χ3v) is 4.63. The number of hydrogen-bond donors (Lipinski definition) is 4. The highest BCUT2D eigenvalue weighted by Crippen LogP contribution is 2.27. The number of aromatic amines is 1. The van der Waals surface area contributed by atoms with Gasteiger partial charge in [0.25, 0.3) is 5.91 Å². The molecule has 9 heteroatoms. The van der Waals surface area contributed by atoms with Crippen molar-refractivity contribution in [2.75, 3.05) is 24.7 Å². The lowest BCUT2D eigenvalue weighted by molar-refractivity contribution is 0.102. The highest BCUT2D eigenvalue weighted by molar-refractivity contribution is 6.11. The van der Waals surface area contributed by atoms with Crippen molar-refractivity contribution >= 4 is 34.2 Å². The standard InChI is InChI=1S/C22H20N6O3/c1-28(2)22(31)25-16-9-14(11-23-12-16)13-3-8-19-18(10-13)20(27-26-19)21(30)24-15-4-6-17(29)7-5-15/h3-12,29H,1-2H3,(H,24,30)(H,25,31)(H,26,27). The minimum Gasteiger partial charge on any atom is -0.508 e. The number of carbonyl (C=O) groups is 2. The number of H-pyrrole nitrogens is 1. The molecule has 0 atom stereocenters. The van der Waals surface area contributed by atoms with Gasteiger partial charge in [-0.2, -0.15) is 5.10 Å². The van der Waals surface area contributed by atoms with E-state index in [0.717, 1.165) is 11.1 Å². The fourth-order valence-corrected chi connectivity index (χ4v) is 3.00. The van der Waals surface area contributed by atoms with E-state index in [-0.39, 0.29) is 23.4 Å². The second-order valence-corrected chi connectivity index (χ2v) is 7.12. The molecule has 4 rings (SSSR count). The molecule has 0 aliphatic carbocycles. The Kier molecular flexibility index (Phi) is 5.23. The number of anilines is 2. The Hall–Kier alpha value is -4.40. The van der Waals surface area contributed by atoms with Crippen LogP contribution in [-0.2, 0) is 0 Å². The van der Waals surface area contributed by atoms with Crippen LogP contribution in [-0.4, -0.2) is 51.2 Å². The monoisotopic (exact) mass is 416 g/mol. The third-order valence-electron chi connectivity index (χ3n) is 4.63. The molecular formula is C22H20N6O3. The lowest BCUT2D eigenvalue weighted by Crippen LogP contribution is -2.27. The Bertz CT molecular complexity index is 1260. The van der Waals surface area contributed by atoms with Crippen molar-refractivity contribution in [3.8, 4) is 16.9 Å². The number of aromatic hydroxyl groups is 1. The van der Waals surface area contributed by atoms with Gasteiger partial charge in [0.1, 0.15) is 5.75 Å². The molecule has 0 radical (unpaired) electrons. The van der Waals surface area contributed by atoms with E-state index in [1.165, 1.54) is 17.0 Å². The zero-order valence-corrected chi connectivity index (χ0v) is 16.9. The van der Waals surface area contributed by atoms with Gasteiger partial charge in [0.15, 0.2) is 5.69 Å². The smallest absolute Gasteiger partial charge is 0.321 e. The van der Waals surface area contributed by atoms with Crippen molar-refractivity contribution in [2.45, 2.75) is 0 Å². The molecule has 9 nitrogen and oxygen atoms in total. The fourth-order valence-electron chi connectivity index (χ4n) is 3.00. The normalized spacial score (nSPS) is 10.6. The topological polar surface area (TPSA) is 123 Å². The number of nitrogens with zero attached hydrogens (tertiary/aromatic N) is 3. The molecule has 0 fully saturated rings. The summed E-state index contributed by atoms with van der Waals surface area (Å²) in [4.78, 5) is 30.3. The molecule has 4 N–H and O–H groups in total. The Labute approximate surface area is 177 Å². The molecular weight excluding hydrogens is 396 g/mol. The van der Waals surface area contributed by atoms with Crippen LogP contribution < -0.4 is 10.6 Å². The number of phenolic OH excluding ortho intramolecular Hbond substituents is 1. The van der Waals surface area contributed by atoms with Gasteiger partial charge in [0, 0.05) is 36.9 Å². The fraction of sp³-hybridized carbons (Fsp3) is 0.0909. The SMILES string of the molecule is CN(C)C(=O)Nc1cncc(-c2ccc3[nH]nc(C(=O)Nc4ccc(O)cc4)c3c2)c1. The number of urea groups is 1. The molecule has 0 bridgehead atoms. The molecule has 0 spiro atoms. The third kappa shape index (κ3) is 4.30. The predicted molar refractivity (Wildman–Crippen MR) is 118 cm³/mol. The van der Waals surface area contributed by atoms with Crippen LogP contribution >= 0.6 is 0 Å². The first-order valence-corrected chi connectivity index (χ1v) is 9.43. The number of rotatable bonds is 4. The molecule has 0 saturated carbocycles. The second-order valence-electron chi connectivity index (χ2n) is 7.12. The number of fused-ring (bicyclic) bond motifs is 1. The van der Waals surface area contributed by atoms with E-state index in [2.05, 4.69) is 25.8 Å². The average Bonchev–Trinajstić information content (AvgIpc) is 3.19. The van der Waals surface area contributed by atoms with Crippen molar-refractivity contribution in [1.82, 2.24) is 20.1 Å². The number of pyridine rings is 1. The summed E-state index contributed by atoms with van der Waals surface area (Å²) in [5, 5.41) is 22.6. The first kappa shape index (κ1) is 19.9. The molecule has 4 aromatic rings. The van der Waals surface area contributed by atoms with E-state index in [9.17, 15) is 14.7 Å². The van der Waals surface area contributed by atoms with Crippen LogP contribution in [0.15, 0.2) is 60.9 Å². The van der Waals surface area contributed by atoms with Gasteiger partial charge in [-0.1, -0.05) is 6.07 Å². The molecule has 3 amide bonds. The maximum atomic E-state index is 12.7. The van der Waals surface area contributed by atoms with Crippen molar-refractivity contribution < 1.29 is 14.7 Å². The molecule has 2 heterocycles.